The van der Waals surface area contributed by atoms with Gasteiger partial charge in [-0.3, -0.25) is 4.57 Å². The lowest BCUT2D eigenvalue weighted by Gasteiger charge is -2.09. The Morgan fingerprint density at radius 2 is 1.81 bits per heavy atom. The average Bonchev–Trinajstić information content (AvgIpc) is 3.08. The smallest absolute Gasteiger partial charge is 0.326 e. The van der Waals surface area contributed by atoms with Crippen molar-refractivity contribution in [3.63, 3.8) is 0 Å². The van der Waals surface area contributed by atoms with Gasteiger partial charge in [0, 0.05) is 24.0 Å². The van der Waals surface area contributed by atoms with Crippen LogP contribution in [-0.2, 0) is 29.6 Å². The second-order valence-corrected chi connectivity index (χ2v) is 6.79. The number of rotatable bonds is 5. The number of aromatic nitrogens is 2. The minimum Gasteiger partial charge on any atom is -0.326 e. The second-order valence-electron chi connectivity index (χ2n) is 5.85. The standard InChI is InChI=1S/C18H16F3N3O2S/c19-18(20,21)16-10-24(15-6-4-12(5-7-15)11-27(25)26)17(23-16)14-3-1-2-13(8-14)9-22/h1-8,10H,9,11,22H2,(H,25,26). The number of nitrogens with zero attached hydrogens (tertiary/aromatic N) is 2. The lowest BCUT2D eigenvalue weighted by molar-refractivity contribution is -0.140. The first-order valence-electron chi connectivity index (χ1n) is 7.90. The van der Waals surface area contributed by atoms with Crippen LogP contribution >= 0.6 is 0 Å². The van der Waals surface area contributed by atoms with Gasteiger partial charge in [-0.05, 0) is 29.3 Å². The molecule has 0 aliphatic carbocycles. The number of benzene rings is 2. The Morgan fingerprint density at radius 1 is 1.11 bits per heavy atom. The van der Waals surface area contributed by atoms with E-state index in [0.29, 0.717) is 16.8 Å². The van der Waals surface area contributed by atoms with Crippen LogP contribution in [0.3, 0.4) is 0 Å². The highest BCUT2D eigenvalue weighted by molar-refractivity contribution is 7.78. The number of halogens is 3. The molecule has 0 aliphatic rings. The van der Waals surface area contributed by atoms with Crippen LogP contribution in [0.2, 0.25) is 0 Å². The Labute approximate surface area is 155 Å². The zero-order valence-electron chi connectivity index (χ0n) is 14.0. The van der Waals surface area contributed by atoms with Gasteiger partial charge >= 0.3 is 6.18 Å². The zero-order valence-corrected chi connectivity index (χ0v) is 14.8. The minimum atomic E-state index is -4.58. The highest BCUT2D eigenvalue weighted by Crippen LogP contribution is 2.32. The van der Waals surface area contributed by atoms with Gasteiger partial charge in [0.1, 0.15) is 5.82 Å². The molecule has 0 saturated carbocycles. The van der Waals surface area contributed by atoms with E-state index in [0.717, 1.165) is 11.8 Å². The fourth-order valence-corrected chi connectivity index (χ4v) is 3.13. The molecule has 0 fully saturated rings. The van der Waals surface area contributed by atoms with Crippen molar-refractivity contribution in [3.8, 4) is 17.1 Å². The third kappa shape index (κ3) is 4.44. The molecule has 5 nitrogen and oxygen atoms in total. The predicted molar refractivity (Wildman–Crippen MR) is 96.4 cm³/mol. The summed E-state index contributed by atoms with van der Waals surface area (Å²) in [4.78, 5) is 3.78. The van der Waals surface area contributed by atoms with Gasteiger partial charge in [-0.15, -0.1) is 0 Å². The van der Waals surface area contributed by atoms with Gasteiger partial charge < -0.3 is 10.3 Å². The number of hydrogen-bond donors (Lipinski definition) is 2. The first kappa shape index (κ1) is 19.3. The molecule has 2 aromatic carbocycles. The SMILES string of the molecule is NCc1cccc(-c2nc(C(F)(F)F)cn2-c2ccc(CS(=O)O)cc2)c1. The third-order valence-electron chi connectivity index (χ3n) is 3.92. The monoisotopic (exact) mass is 395 g/mol. The van der Waals surface area contributed by atoms with Crippen LogP contribution in [0.5, 0.6) is 0 Å². The summed E-state index contributed by atoms with van der Waals surface area (Å²) in [6.07, 6.45) is -3.65. The first-order chi connectivity index (χ1) is 12.8. The summed E-state index contributed by atoms with van der Waals surface area (Å²) in [5.74, 6) is 0.0831. The van der Waals surface area contributed by atoms with Crippen molar-refractivity contribution in [3.05, 3.63) is 71.5 Å². The van der Waals surface area contributed by atoms with Crippen LogP contribution in [-0.4, -0.2) is 18.3 Å². The molecule has 1 unspecified atom stereocenters. The molecule has 0 saturated heterocycles. The normalized spacial score (nSPS) is 12.9. The quantitative estimate of drug-likeness (QED) is 0.645. The molecule has 1 atom stereocenters. The van der Waals surface area contributed by atoms with E-state index in [1.54, 1.807) is 48.5 Å². The fourth-order valence-electron chi connectivity index (χ4n) is 2.65. The van der Waals surface area contributed by atoms with Crippen LogP contribution in [0, 0.1) is 0 Å². The Bertz CT molecular complexity index is 969. The van der Waals surface area contributed by atoms with E-state index in [9.17, 15) is 17.4 Å². The van der Waals surface area contributed by atoms with Gasteiger partial charge in [0.25, 0.3) is 0 Å². The van der Waals surface area contributed by atoms with Crippen molar-refractivity contribution < 1.29 is 21.9 Å². The highest BCUT2D eigenvalue weighted by Gasteiger charge is 2.35. The molecule has 0 bridgehead atoms. The van der Waals surface area contributed by atoms with Crippen LogP contribution in [0.15, 0.2) is 54.7 Å². The van der Waals surface area contributed by atoms with Gasteiger partial charge in [-0.2, -0.15) is 13.2 Å². The maximum atomic E-state index is 13.2. The topological polar surface area (TPSA) is 81.1 Å². The van der Waals surface area contributed by atoms with Crippen molar-refractivity contribution in [2.45, 2.75) is 18.5 Å². The number of nitrogens with two attached hydrogens (primary N) is 1. The summed E-state index contributed by atoms with van der Waals surface area (Å²) in [7, 11) is 0. The van der Waals surface area contributed by atoms with E-state index in [4.69, 9.17) is 10.3 Å². The molecule has 1 heterocycles. The van der Waals surface area contributed by atoms with Gasteiger partial charge in [0.05, 0.1) is 5.75 Å². The maximum absolute atomic E-state index is 13.2. The van der Waals surface area contributed by atoms with E-state index in [1.165, 1.54) is 4.57 Å². The number of imidazole rings is 1. The van der Waals surface area contributed by atoms with E-state index in [2.05, 4.69) is 4.98 Å². The van der Waals surface area contributed by atoms with Gasteiger partial charge in [-0.1, -0.05) is 30.3 Å². The summed E-state index contributed by atoms with van der Waals surface area (Å²) in [5, 5.41) is 0. The Balaban J connectivity index is 2.10. The Kier molecular flexibility index (Phi) is 5.45. The minimum absolute atomic E-state index is 0.0522. The van der Waals surface area contributed by atoms with Crippen molar-refractivity contribution >= 4 is 11.1 Å². The molecule has 0 spiro atoms. The van der Waals surface area contributed by atoms with Gasteiger partial charge in [-0.25, -0.2) is 9.19 Å². The van der Waals surface area contributed by atoms with E-state index < -0.39 is 23.0 Å². The van der Waals surface area contributed by atoms with Crippen molar-refractivity contribution in [1.82, 2.24) is 9.55 Å². The van der Waals surface area contributed by atoms with Crippen LogP contribution < -0.4 is 5.73 Å². The molecular formula is C18H16F3N3O2S. The third-order valence-corrected chi connectivity index (χ3v) is 4.50. The summed E-state index contributed by atoms with van der Waals surface area (Å²) in [6.45, 7) is 0.258. The molecule has 1 aromatic heterocycles. The molecule has 9 heteroatoms. The Hall–Kier alpha value is -2.49. The first-order valence-corrected chi connectivity index (χ1v) is 9.18. The molecule has 27 heavy (non-hydrogen) atoms. The summed E-state index contributed by atoms with van der Waals surface area (Å²) >= 11 is -1.99. The molecule has 3 rings (SSSR count). The molecule has 3 N–H and O–H groups in total. The number of alkyl halides is 3. The van der Waals surface area contributed by atoms with Crippen molar-refractivity contribution in [2.75, 3.05) is 0 Å². The van der Waals surface area contributed by atoms with Crippen molar-refractivity contribution in [2.24, 2.45) is 5.73 Å². The molecular weight excluding hydrogens is 379 g/mol. The molecule has 0 radical (unpaired) electrons. The number of hydrogen-bond acceptors (Lipinski definition) is 3. The molecule has 0 aliphatic heterocycles. The van der Waals surface area contributed by atoms with Gasteiger partial charge in [0.15, 0.2) is 16.8 Å². The molecule has 0 amide bonds. The van der Waals surface area contributed by atoms with E-state index in [-0.39, 0.29) is 18.1 Å². The highest BCUT2D eigenvalue weighted by atomic mass is 32.2. The summed E-state index contributed by atoms with van der Waals surface area (Å²) in [5.41, 5.74) is 6.96. The predicted octanol–water partition coefficient (Wildman–Crippen LogP) is 3.74. The van der Waals surface area contributed by atoms with Gasteiger partial charge in [0.2, 0.25) is 0 Å². The summed E-state index contributed by atoms with van der Waals surface area (Å²) < 4.78 is 60.8. The fraction of sp³-hybridized carbons (Fsp3) is 0.167. The lowest BCUT2D eigenvalue weighted by Crippen LogP contribution is -2.05. The largest absolute Gasteiger partial charge is 0.434 e. The van der Waals surface area contributed by atoms with E-state index in [1.807, 2.05) is 0 Å². The van der Waals surface area contributed by atoms with Crippen LogP contribution in [0.4, 0.5) is 13.2 Å². The summed E-state index contributed by atoms with van der Waals surface area (Å²) in [6, 6.07) is 13.2. The zero-order chi connectivity index (χ0) is 19.6. The van der Waals surface area contributed by atoms with E-state index >= 15 is 0 Å². The Morgan fingerprint density at radius 3 is 2.41 bits per heavy atom. The van der Waals surface area contributed by atoms with Crippen LogP contribution in [0.1, 0.15) is 16.8 Å². The molecule has 142 valence electrons. The van der Waals surface area contributed by atoms with Crippen molar-refractivity contribution in [1.29, 1.82) is 0 Å². The second kappa shape index (κ2) is 7.63. The maximum Gasteiger partial charge on any atom is 0.434 e. The lowest BCUT2D eigenvalue weighted by atomic mass is 10.1. The average molecular weight is 395 g/mol. The van der Waals surface area contributed by atoms with Crippen LogP contribution in [0.25, 0.3) is 17.1 Å². The molecule has 3 aromatic rings.